The Hall–Kier alpha value is -1.59. The molecule has 1 aromatic heterocycles. The summed E-state index contributed by atoms with van der Waals surface area (Å²) < 4.78 is 10.7. The van der Waals surface area contributed by atoms with E-state index in [-0.39, 0.29) is 6.04 Å². The second kappa shape index (κ2) is 6.91. The summed E-state index contributed by atoms with van der Waals surface area (Å²) in [6.45, 7) is 7.12. The fraction of sp³-hybridized carbons (Fsp3) is 0.438. The first-order valence-electron chi connectivity index (χ1n) is 6.99. The Labute approximate surface area is 130 Å². The maximum atomic E-state index is 5.40. The van der Waals surface area contributed by atoms with E-state index in [1.807, 2.05) is 19.1 Å². The van der Waals surface area contributed by atoms with Crippen LogP contribution in [0.5, 0.6) is 11.5 Å². The maximum Gasteiger partial charge on any atom is 0.161 e. The van der Waals surface area contributed by atoms with Gasteiger partial charge in [0, 0.05) is 4.88 Å². The van der Waals surface area contributed by atoms with E-state index < -0.39 is 0 Å². The molecule has 0 spiro atoms. The van der Waals surface area contributed by atoms with Crippen LogP contribution in [-0.4, -0.2) is 25.7 Å². The van der Waals surface area contributed by atoms with Crippen molar-refractivity contribution in [2.75, 3.05) is 20.8 Å². The van der Waals surface area contributed by atoms with E-state index in [0.29, 0.717) is 0 Å². The van der Waals surface area contributed by atoms with E-state index in [0.717, 1.165) is 34.3 Å². The van der Waals surface area contributed by atoms with Gasteiger partial charge < -0.3 is 14.8 Å². The summed E-state index contributed by atoms with van der Waals surface area (Å²) in [5, 5.41) is 4.58. The molecule has 4 nitrogen and oxygen atoms in total. The van der Waals surface area contributed by atoms with Crippen LogP contribution in [0.15, 0.2) is 18.2 Å². The van der Waals surface area contributed by atoms with Gasteiger partial charge in [0.25, 0.3) is 0 Å². The molecule has 0 radical (unpaired) electrons. The van der Waals surface area contributed by atoms with Gasteiger partial charge in [-0.1, -0.05) is 13.0 Å². The summed E-state index contributed by atoms with van der Waals surface area (Å²) in [7, 11) is 3.30. The zero-order valence-electron chi connectivity index (χ0n) is 13.2. The molecule has 0 amide bonds. The number of aromatic nitrogens is 1. The Morgan fingerprint density at radius 3 is 2.43 bits per heavy atom. The van der Waals surface area contributed by atoms with Gasteiger partial charge in [0.15, 0.2) is 11.5 Å². The highest BCUT2D eigenvalue weighted by Gasteiger charge is 2.19. The lowest BCUT2D eigenvalue weighted by Gasteiger charge is -2.18. The Kier molecular flexibility index (Phi) is 5.20. The number of benzene rings is 1. The van der Waals surface area contributed by atoms with Crippen molar-refractivity contribution in [1.82, 2.24) is 10.3 Å². The molecule has 0 saturated carbocycles. The number of methoxy groups -OCH3 is 2. The highest BCUT2D eigenvalue weighted by Crippen LogP contribution is 2.34. The minimum Gasteiger partial charge on any atom is -0.493 e. The van der Waals surface area contributed by atoms with Gasteiger partial charge in [-0.2, -0.15) is 0 Å². The molecule has 0 aliphatic carbocycles. The van der Waals surface area contributed by atoms with Crippen molar-refractivity contribution in [3.8, 4) is 11.5 Å². The van der Waals surface area contributed by atoms with Crippen molar-refractivity contribution in [1.29, 1.82) is 0 Å². The van der Waals surface area contributed by atoms with Gasteiger partial charge in [0.1, 0.15) is 5.01 Å². The van der Waals surface area contributed by atoms with Gasteiger partial charge in [-0.15, -0.1) is 11.3 Å². The molecule has 0 fully saturated rings. The van der Waals surface area contributed by atoms with E-state index in [9.17, 15) is 0 Å². The van der Waals surface area contributed by atoms with Crippen molar-refractivity contribution >= 4 is 11.3 Å². The van der Waals surface area contributed by atoms with Gasteiger partial charge in [-0.25, -0.2) is 4.98 Å². The van der Waals surface area contributed by atoms with E-state index in [2.05, 4.69) is 30.2 Å². The molecule has 1 aromatic carbocycles. The zero-order valence-corrected chi connectivity index (χ0v) is 14.0. The van der Waals surface area contributed by atoms with Crippen LogP contribution >= 0.6 is 11.3 Å². The third-order valence-corrected chi connectivity index (χ3v) is 4.58. The third-order valence-electron chi connectivity index (χ3n) is 3.44. The number of rotatable bonds is 6. The lowest BCUT2D eigenvalue weighted by Crippen LogP contribution is -2.22. The van der Waals surface area contributed by atoms with Gasteiger partial charge in [0.2, 0.25) is 0 Å². The topological polar surface area (TPSA) is 43.4 Å². The highest BCUT2D eigenvalue weighted by molar-refractivity contribution is 7.11. The first-order chi connectivity index (χ1) is 10.1. The Bertz CT molecular complexity index is 591. The lowest BCUT2D eigenvalue weighted by atomic mass is 10.1. The van der Waals surface area contributed by atoms with Gasteiger partial charge in [-0.05, 0) is 38.1 Å². The number of aryl methyl sites for hydroxylation is 2. The van der Waals surface area contributed by atoms with Crippen molar-refractivity contribution in [2.45, 2.75) is 26.8 Å². The monoisotopic (exact) mass is 306 g/mol. The van der Waals surface area contributed by atoms with Crippen molar-refractivity contribution in [3.05, 3.63) is 39.3 Å². The van der Waals surface area contributed by atoms with Crippen LogP contribution in [-0.2, 0) is 0 Å². The lowest BCUT2D eigenvalue weighted by molar-refractivity contribution is 0.354. The van der Waals surface area contributed by atoms with E-state index in [1.165, 1.54) is 4.88 Å². The minimum absolute atomic E-state index is 0.0761. The molecule has 1 N–H and O–H groups in total. The standard InChI is InChI=1S/C16H22N2O2S/c1-6-17-15(16-18-10(2)11(3)21-16)12-7-8-13(19-4)14(9-12)20-5/h7-9,15,17H,6H2,1-5H3. The summed E-state index contributed by atoms with van der Waals surface area (Å²) in [5.74, 6) is 1.48. The first kappa shape index (κ1) is 15.8. The SMILES string of the molecule is CCNC(c1ccc(OC)c(OC)c1)c1nc(C)c(C)s1. The van der Waals surface area contributed by atoms with Crippen LogP contribution in [0.2, 0.25) is 0 Å². The number of nitrogens with zero attached hydrogens (tertiary/aromatic N) is 1. The molecule has 2 aromatic rings. The quantitative estimate of drug-likeness (QED) is 0.887. The van der Waals surface area contributed by atoms with Crippen molar-refractivity contribution in [3.63, 3.8) is 0 Å². The van der Waals surface area contributed by atoms with Crippen LogP contribution in [0.25, 0.3) is 0 Å². The molecule has 0 bridgehead atoms. The van der Waals surface area contributed by atoms with Crippen LogP contribution < -0.4 is 14.8 Å². The molecular weight excluding hydrogens is 284 g/mol. The third kappa shape index (κ3) is 3.36. The molecule has 114 valence electrons. The van der Waals surface area contributed by atoms with Gasteiger partial charge in [0.05, 0.1) is 26.0 Å². The molecule has 1 unspecified atom stereocenters. The molecular formula is C16H22N2O2S. The highest BCUT2D eigenvalue weighted by atomic mass is 32.1. The summed E-state index contributed by atoms with van der Waals surface area (Å²) in [6.07, 6.45) is 0. The smallest absolute Gasteiger partial charge is 0.161 e. The minimum atomic E-state index is 0.0761. The predicted molar refractivity (Wildman–Crippen MR) is 86.7 cm³/mol. The van der Waals surface area contributed by atoms with E-state index in [1.54, 1.807) is 25.6 Å². The Morgan fingerprint density at radius 2 is 1.90 bits per heavy atom. The normalized spacial score (nSPS) is 12.2. The van der Waals surface area contributed by atoms with Crippen LogP contribution in [0, 0.1) is 13.8 Å². The molecule has 0 aliphatic rings. The summed E-state index contributed by atoms with van der Waals surface area (Å²) in [6, 6.07) is 6.08. The second-order valence-electron chi connectivity index (χ2n) is 4.80. The average molecular weight is 306 g/mol. The van der Waals surface area contributed by atoms with E-state index in [4.69, 9.17) is 9.47 Å². The maximum absolute atomic E-state index is 5.40. The first-order valence-corrected chi connectivity index (χ1v) is 7.81. The molecule has 1 atom stereocenters. The zero-order chi connectivity index (χ0) is 15.4. The molecule has 1 heterocycles. The Morgan fingerprint density at radius 1 is 1.19 bits per heavy atom. The molecule has 2 rings (SSSR count). The van der Waals surface area contributed by atoms with Gasteiger partial charge in [-0.3, -0.25) is 0 Å². The number of nitrogens with one attached hydrogen (secondary N) is 1. The number of ether oxygens (including phenoxy) is 2. The fourth-order valence-corrected chi connectivity index (χ4v) is 3.23. The molecule has 21 heavy (non-hydrogen) atoms. The Balaban J connectivity index is 2.42. The van der Waals surface area contributed by atoms with E-state index >= 15 is 0 Å². The van der Waals surface area contributed by atoms with Crippen LogP contribution in [0.1, 0.15) is 34.1 Å². The van der Waals surface area contributed by atoms with Crippen LogP contribution in [0.3, 0.4) is 0 Å². The largest absolute Gasteiger partial charge is 0.493 e. The second-order valence-corrected chi connectivity index (χ2v) is 6.03. The number of hydrogen-bond acceptors (Lipinski definition) is 5. The molecule has 0 aliphatic heterocycles. The fourth-order valence-electron chi connectivity index (χ4n) is 2.21. The van der Waals surface area contributed by atoms with Gasteiger partial charge >= 0.3 is 0 Å². The van der Waals surface area contributed by atoms with Crippen LogP contribution in [0.4, 0.5) is 0 Å². The predicted octanol–water partition coefficient (Wildman–Crippen LogP) is 3.48. The summed E-state index contributed by atoms with van der Waals surface area (Å²) >= 11 is 1.73. The van der Waals surface area contributed by atoms with Crippen molar-refractivity contribution in [2.24, 2.45) is 0 Å². The molecule has 5 heteroatoms. The summed E-state index contributed by atoms with van der Waals surface area (Å²) in [4.78, 5) is 5.95. The average Bonchev–Trinajstić information content (AvgIpc) is 2.83. The molecule has 0 saturated heterocycles. The number of thiazole rings is 1. The summed E-state index contributed by atoms with van der Waals surface area (Å²) in [5.41, 5.74) is 2.22. The van der Waals surface area contributed by atoms with Crippen molar-refractivity contribution < 1.29 is 9.47 Å². The number of hydrogen-bond donors (Lipinski definition) is 1.